The van der Waals surface area contributed by atoms with Crippen LogP contribution in [0.2, 0.25) is 0 Å². The van der Waals surface area contributed by atoms with Crippen LogP contribution in [0.15, 0.2) is 12.2 Å². The van der Waals surface area contributed by atoms with Gasteiger partial charge in [-0.15, -0.1) is 0 Å². The van der Waals surface area contributed by atoms with E-state index in [9.17, 15) is 4.79 Å². The van der Waals surface area contributed by atoms with Crippen LogP contribution in [0.1, 0.15) is 26.2 Å². The molecule has 10 heavy (non-hydrogen) atoms. The van der Waals surface area contributed by atoms with Gasteiger partial charge in [0.25, 0.3) is 0 Å². The third-order valence-corrected chi connectivity index (χ3v) is 3.06. The van der Waals surface area contributed by atoms with E-state index in [-0.39, 0.29) is 0 Å². The molecule has 54 valence electrons. The van der Waals surface area contributed by atoms with Crippen LogP contribution >= 0.6 is 0 Å². The predicted molar refractivity (Wildman–Crippen MR) is 39.6 cm³/mol. The zero-order valence-corrected chi connectivity index (χ0v) is 6.26. The Balaban J connectivity index is 2.28. The summed E-state index contributed by atoms with van der Waals surface area (Å²) in [5.74, 6) is 0.734. The van der Waals surface area contributed by atoms with Crippen LogP contribution < -0.4 is 0 Å². The van der Waals surface area contributed by atoms with E-state index >= 15 is 0 Å². The lowest BCUT2D eigenvalue weighted by atomic mass is 9.56. The fourth-order valence-electron chi connectivity index (χ4n) is 2.07. The molecular formula is C9H12O. The van der Waals surface area contributed by atoms with E-state index in [1.54, 1.807) is 6.08 Å². The molecule has 0 unspecified atom stereocenters. The van der Waals surface area contributed by atoms with Crippen LogP contribution in [0.3, 0.4) is 0 Å². The topological polar surface area (TPSA) is 17.1 Å². The van der Waals surface area contributed by atoms with Crippen molar-refractivity contribution in [2.24, 2.45) is 11.3 Å². The summed E-state index contributed by atoms with van der Waals surface area (Å²) in [5.41, 5.74) is 0.353. The van der Waals surface area contributed by atoms with Crippen molar-refractivity contribution in [3.05, 3.63) is 12.2 Å². The summed E-state index contributed by atoms with van der Waals surface area (Å²) in [6.45, 7) is 2.22. The van der Waals surface area contributed by atoms with Crippen LogP contribution in [0, 0.1) is 11.3 Å². The molecule has 2 rings (SSSR count). The first-order valence-electron chi connectivity index (χ1n) is 3.93. The molecule has 0 bridgehead atoms. The summed E-state index contributed by atoms with van der Waals surface area (Å²) in [7, 11) is 0. The molecule has 2 atom stereocenters. The van der Waals surface area contributed by atoms with E-state index in [0.717, 1.165) is 12.8 Å². The van der Waals surface area contributed by atoms with Crippen LogP contribution in [-0.2, 0) is 4.79 Å². The summed E-state index contributed by atoms with van der Waals surface area (Å²) in [6, 6.07) is 0. The number of allylic oxidation sites excluding steroid dienone is 2. The van der Waals surface area contributed by atoms with Gasteiger partial charge in [0, 0.05) is 5.92 Å². The highest BCUT2D eigenvalue weighted by Gasteiger charge is 2.46. The van der Waals surface area contributed by atoms with Crippen LogP contribution in [0.25, 0.3) is 0 Å². The van der Waals surface area contributed by atoms with Gasteiger partial charge in [0.2, 0.25) is 0 Å². The first-order chi connectivity index (χ1) is 4.72. The lowest BCUT2D eigenvalue weighted by Crippen LogP contribution is -2.43. The number of hydrogen-bond acceptors (Lipinski definition) is 1. The lowest BCUT2D eigenvalue weighted by molar-refractivity contribution is -0.128. The maximum atomic E-state index is 11.2. The highest BCUT2D eigenvalue weighted by atomic mass is 16.1. The molecule has 0 aromatic heterocycles. The number of ketones is 1. The number of fused-ring (bicyclic) bond motifs is 1. The van der Waals surface area contributed by atoms with Crippen LogP contribution in [0.5, 0.6) is 0 Å². The van der Waals surface area contributed by atoms with Gasteiger partial charge in [0.05, 0.1) is 0 Å². The Bertz CT molecular complexity index is 205. The molecular weight excluding hydrogens is 124 g/mol. The Kier molecular flexibility index (Phi) is 1.05. The molecule has 1 heteroatoms. The van der Waals surface area contributed by atoms with E-state index in [1.165, 1.54) is 6.42 Å². The summed E-state index contributed by atoms with van der Waals surface area (Å²) in [6.07, 6.45) is 7.26. The van der Waals surface area contributed by atoms with Crippen molar-refractivity contribution in [3.8, 4) is 0 Å². The summed E-state index contributed by atoms with van der Waals surface area (Å²) in [4.78, 5) is 11.2. The second kappa shape index (κ2) is 1.71. The van der Waals surface area contributed by atoms with Crippen molar-refractivity contribution in [2.45, 2.75) is 26.2 Å². The Morgan fingerprint density at radius 2 is 2.50 bits per heavy atom. The van der Waals surface area contributed by atoms with E-state index < -0.39 is 0 Å². The molecule has 0 N–H and O–H groups in total. The molecule has 0 heterocycles. The van der Waals surface area contributed by atoms with Crippen molar-refractivity contribution >= 4 is 5.78 Å². The van der Waals surface area contributed by atoms with E-state index in [4.69, 9.17) is 0 Å². The third kappa shape index (κ3) is 0.606. The average molecular weight is 136 g/mol. The average Bonchev–Trinajstić information content (AvgIpc) is 1.83. The molecule has 0 saturated heterocycles. The van der Waals surface area contributed by atoms with Gasteiger partial charge in [-0.1, -0.05) is 13.0 Å². The van der Waals surface area contributed by atoms with E-state index in [2.05, 4.69) is 6.92 Å². The molecule has 0 amide bonds. The second-order valence-corrected chi connectivity index (χ2v) is 3.75. The number of carbonyl (C=O) groups excluding carboxylic acids is 1. The smallest absolute Gasteiger partial charge is 0.158 e. The maximum absolute atomic E-state index is 11.2. The standard InChI is InChI=1S/C9H12O/c1-9-5-2-3-8(10)7(9)4-6-9/h2-3,7H,4-6H2,1H3/t7-,9-/m1/s1. The monoisotopic (exact) mass is 136 g/mol. The van der Waals surface area contributed by atoms with Gasteiger partial charge >= 0.3 is 0 Å². The van der Waals surface area contributed by atoms with Crippen molar-refractivity contribution < 1.29 is 4.79 Å². The van der Waals surface area contributed by atoms with E-state index in [1.807, 2.05) is 6.08 Å². The van der Waals surface area contributed by atoms with Gasteiger partial charge in [-0.2, -0.15) is 0 Å². The molecule has 0 radical (unpaired) electrons. The molecule has 1 fully saturated rings. The summed E-state index contributed by atoms with van der Waals surface area (Å²) >= 11 is 0. The van der Waals surface area contributed by atoms with Crippen LogP contribution in [0.4, 0.5) is 0 Å². The summed E-state index contributed by atoms with van der Waals surface area (Å²) in [5, 5.41) is 0. The minimum atomic E-state index is 0.353. The molecule has 0 aromatic carbocycles. The largest absolute Gasteiger partial charge is 0.295 e. The van der Waals surface area contributed by atoms with Crippen molar-refractivity contribution in [1.82, 2.24) is 0 Å². The highest BCUT2D eigenvalue weighted by Crippen LogP contribution is 2.51. The Labute approximate surface area is 61.1 Å². The Morgan fingerprint density at radius 1 is 1.70 bits per heavy atom. The van der Waals surface area contributed by atoms with Gasteiger partial charge in [-0.3, -0.25) is 4.79 Å². The third-order valence-electron chi connectivity index (χ3n) is 3.06. The van der Waals surface area contributed by atoms with Crippen LogP contribution in [-0.4, -0.2) is 5.78 Å². The fraction of sp³-hybridized carbons (Fsp3) is 0.667. The quantitative estimate of drug-likeness (QED) is 0.497. The lowest BCUT2D eigenvalue weighted by Gasteiger charge is -2.47. The first kappa shape index (κ1) is 6.14. The van der Waals surface area contributed by atoms with Gasteiger partial charge in [-0.25, -0.2) is 0 Å². The van der Waals surface area contributed by atoms with E-state index in [0.29, 0.717) is 17.1 Å². The molecule has 1 saturated carbocycles. The number of hydrogen-bond donors (Lipinski definition) is 0. The Hall–Kier alpha value is -0.590. The molecule has 2 aliphatic rings. The normalized spacial score (nSPS) is 44.5. The van der Waals surface area contributed by atoms with Crippen molar-refractivity contribution in [1.29, 1.82) is 0 Å². The predicted octanol–water partition coefficient (Wildman–Crippen LogP) is 1.93. The number of carbonyl (C=O) groups is 1. The zero-order chi connectivity index (χ0) is 7.19. The Morgan fingerprint density at radius 3 is 2.90 bits per heavy atom. The zero-order valence-electron chi connectivity index (χ0n) is 6.26. The second-order valence-electron chi connectivity index (χ2n) is 3.75. The van der Waals surface area contributed by atoms with Gasteiger partial charge in [0.15, 0.2) is 5.78 Å². The molecule has 0 aliphatic heterocycles. The molecule has 0 aromatic rings. The minimum Gasteiger partial charge on any atom is -0.295 e. The first-order valence-corrected chi connectivity index (χ1v) is 3.93. The SMILES string of the molecule is C[C@]12CC=CC(=O)[C@H]1CC2. The summed E-state index contributed by atoms with van der Waals surface area (Å²) < 4.78 is 0. The van der Waals surface area contributed by atoms with Gasteiger partial charge in [0.1, 0.15) is 0 Å². The maximum Gasteiger partial charge on any atom is 0.158 e. The van der Waals surface area contributed by atoms with Gasteiger partial charge < -0.3 is 0 Å². The van der Waals surface area contributed by atoms with Crippen molar-refractivity contribution in [2.75, 3.05) is 0 Å². The highest BCUT2D eigenvalue weighted by molar-refractivity contribution is 5.93. The van der Waals surface area contributed by atoms with Gasteiger partial charge in [-0.05, 0) is 30.8 Å². The minimum absolute atomic E-state index is 0.353. The van der Waals surface area contributed by atoms with Crippen molar-refractivity contribution in [3.63, 3.8) is 0 Å². The fourth-order valence-corrected chi connectivity index (χ4v) is 2.07. The molecule has 1 nitrogen and oxygen atoms in total. The molecule has 2 aliphatic carbocycles. The molecule has 0 spiro atoms. The number of rotatable bonds is 0.